The van der Waals surface area contributed by atoms with E-state index in [4.69, 9.17) is 18.9 Å². The van der Waals surface area contributed by atoms with E-state index in [2.05, 4.69) is 48.1 Å². The molecule has 0 saturated heterocycles. The zero-order chi connectivity index (χ0) is 26.0. The fraction of sp³-hybridized carbons (Fsp3) is 0.933. The van der Waals surface area contributed by atoms with Crippen LogP contribution in [-0.4, -0.2) is 38.5 Å². The van der Waals surface area contributed by atoms with Crippen LogP contribution in [-0.2, 0) is 18.9 Å². The smallest absolute Gasteiger partial charge is 0.313 e. The van der Waals surface area contributed by atoms with E-state index in [9.17, 15) is 0 Å². The van der Waals surface area contributed by atoms with Gasteiger partial charge in [-0.1, -0.05) is 112 Å². The molecule has 0 saturated carbocycles. The molecule has 0 heterocycles. The second-order valence-corrected chi connectivity index (χ2v) is 9.33. The van der Waals surface area contributed by atoms with Crippen LogP contribution in [0.2, 0.25) is 0 Å². The van der Waals surface area contributed by atoms with Gasteiger partial charge in [-0.25, -0.2) is 0 Å². The van der Waals surface area contributed by atoms with Crippen LogP contribution in [0, 0.1) is 0 Å². The van der Waals surface area contributed by atoms with E-state index in [1.54, 1.807) is 0 Å². The predicted octanol–water partition coefficient (Wildman–Crippen LogP) is 9.61. The molecular weight excluding hydrogens is 424 g/mol. The zero-order valence-corrected chi connectivity index (χ0v) is 24.4. The summed E-state index contributed by atoms with van der Waals surface area (Å²) in [5.74, 6) is -1.11. The van der Waals surface area contributed by atoms with Gasteiger partial charge in [0, 0.05) is 7.11 Å². The third kappa shape index (κ3) is 15.5. The Bertz CT molecular complexity index is 386. The van der Waals surface area contributed by atoms with E-state index in [-0.39, 0.29) is 0 Å². The van der Waals surface area contributed by atoms with Gasteiger partial charge < -0.3 is 18.9 Å². The highest BCUT2D eigenvalue weighted by atomic mass is 16.9. The summed E-state index contributed by atoms with van der Waals surface area (Å²) in [6.45, 7) is 18.5. The van der Waals surface area contributed by atoms with E-state index in [1.165, 1.54) is 32.1 Å². The third-order valence-electron chi connectivity index (χ3n) is 6.20. The van der Waals surface area contributed by atoms with Crippen LogP contribution in [0.15, 0.2) is 12.7 Å². The zero-order valence-electron chi connectivity index (χ0n) is 24.4. The number of allylic oxidation sites excluding steroid dienone is 1. The van der Waals surface area contributed by atoms with Crippen LogP contribution < -0.4 is 0 Å². The van der Waals surface area contributed by atoms with Gasteiger partial charge in [-0.3, -0.25) is 0 Å². The number of hydrogen-bond donors (Lipinski definition) is 0. The van der Waals surface area contributed by atoms with Crippen LogP contribution in [0.3, 0.4) is 0 Å². The van der Waals surface area contributed by atoms with Gasteiger partial charge >= 0.3 is 5.97 Å². The van der Waals surface area contributed by atoms with Crippen molar-refractivity contribution in [3.05, 3.63) is 12.7 Å². The molecular formula is C30H62O4. The molecule has 0 N–H and O–H groups in total. The normalized spacial score (nSPS) is 13.3. The first-order chi connectivity index (χ1) is 16.5. The largest absolute Gasteiger partial charge is 0.370 e. The Morgan fingerprint density at radius 1 is 0.559 bits per heavy atom. The Morgan fingerprint density at radius 3 is 1.32 bits per heavy atom. The van der Waals surface area contributed by atoms with Crippen LogP contribution in [0.1, 0.15) is 144 Å². The molecule has 0 aliphatic heterocycles. The quantitative estimate of drug-likeness (QED) is 0.0773. The number of rotatable bonds is 24. The lowest BCUT2D eigenvalue weighted by Crippen LogP contribution is -2.61. The lowest BCUT2D eigenvalue weighted by atomic mass is 9.87. The summed E-state index contributed by atoms with van der Waals surface area (Å²) < 4.78 is 25.8. The highest BCUT2D eigenvalue weighted by Gasteiger charge is 2.55. The van der Waals surface area contributed by atoms with E-state index >= 15 is 0 Å². The van der Waals surface area contributed by atoms with Gasteiger partial charge in [0.15, 0.2) is 0 Å². The van der Waals surface area contributed by atoms with Gasteiger partial charge in [0.05, 0.1) is 19.8 Å². The molecule has 1 unspecified atom stereocenters. The summed E-state index contributed by atoms with van der Waals surface area (Å²) in [6.07, 6.45) is 19.6. The average molecular weight is 487 g/mol. The van der Waals surface area contributed by atoms with Gasteiger partial charge in [-0.05, 0) is 38.5 Å². The Hall–Kier alpha value is -0.420. The first-order valence-corrected chi connectivity index (χ1v) is 14.6. The van der Waals surface area contributed by atoms with Crippen LogP contribution in [0.25, 0.3) is 0 Å². The molecule has 4 nitrogen and oxygen atoms in total. The number of unbranched alkanes of at least 4 members (excludes halogenated alkanes) is 8. The van der Waals surface area contributed by atoms with Gasteiger partial charge in [0.2, 0.25) is 0 Å². The predicted molar refractivity (Wildman–Crippen MR) is 148 cm³/mol. The number of methoxy groups -OCH3 is 1. The molecule has 0 aromatic rings. The third-order valence-corrected chi connectivity index (χ3v) is 6.20. The molecule has 34 heavy (non-hydrogen) atoms. The van der Waals surface area contributed by atoms with Crippen LogP contribution in [0.5, 0.6) is 0 Å². The molecule has 0 aliphatic carbocycles. The van der Waals surface area contributed by atoms with Crippen molar-refractivity contribution in [3.63, 3.8) is 0 Å². The minimum absolute atomic E-state index is 0.568. The van der Waals surface area contributed by atoms with Crippen molar-refractivity contribution in [1.82, 2.24) is 0 Å². The highest BCUT2D eigenvalue weighted by molar-refractivity contribution is 4.91. The van der Waals surface area contributed by atoms with Crippen molar-refractivity contribution >= 4 is 0 Å². The Balaban J connectivity index is 0. The average Bonchev–Trinajstić information content (AvgIpc) is 2.85. The van der Waals surface area contributed by atoms with E-state index in [0.717, 1.165) is 70.6 Å². The molecule has 1 atom stereocenters. The van der Waals surface area contributed by atoms with Gasteiger partial charge in [-0.15, -0.1) is 6.58 Å². The first kappa shape index (κ1) is 35.7. The molecule has 0 radical (unpaired) electrons. The minimum Gasteiger partial charge on any atom is -0.370 e. The Kier molecular flexibility index (Phi) is 27.0. The number of ether oxygens (including phenoxy) is 4. The van der Waals surface area contributed by atoms with Crippen LogP contribution >= 0.6 is 0 Å². The molecule has 0 amide bonds. The molecule has 0 rings (SSSR count). The molecule has 0 aliphatic rings. The van der Waals surface area contributed by atoms with E-state index < -0.39 is 11.6 Å². The van der Waals surface area contributed by atoms with Gasteiger partial charge in [0.25, 0.3) is 0 Å². The second kappa shape index (κ2) is 25.7. The van der Waals surface area contributed by atoms with Crippen molar-refractivity contribution < 1.29 is 18.9 Å². The fourth-order valence-corrected chi connectivity index (χ4v) is 3.93. The topological polar surface area (TPSA) is 36.9 Å². The fourth-order valence-electron chi connectivity index (χ4n) is 3.93. The van der Waals surface area contributed by atoms with Crippen LogP contribution in [0.4, 0.5) is 0 Å². The summed E-state index contributed by atoms with van der Waals surface area (Å²) in [5.41, 5.74) is -0.568. The van der Waals surface area contributed by atoms with Gasteiger partial charge in [-0.2, -0.15) is 0 Å². The highest BCUT2D eigenvalue weighted by Crippen LogP contribution is 2.41. The molecule has 0 aromatic carbocycles. The lowest BCUT2D eigenvalue weighted by Gasteiger charge is -2.48. The maximum atomic E-state index is 6.50. The Morgan fingerprint density at radius 2 is 0.971 bits per heavy atom. The maximum Gasteiger partial charge on any atom is 0.313 e. The summed E-state index contributed by atoms with van der Waals surface area (Å²) in [5, 5.41) is 0. The monoisotopic (exact) mass is 486 g/mol. The lowest BCUT2D eigenvalue weighted by molar-refractivity contribution is -0.447. The molecule has 0 aromatic heterocycles. The summed E-state index contributed by atoms with van der Waals surface area (Å²) >= 11 is 0. The SMILES string of the molecule is C=CCC.CCCCCCCCC(CCC)(OC)C(OCCCC)(OCCCC)OCCCC. The molecule has 4 heteroatoms. The van der Waals surface area contributed by atoms with Gasteiger partial charge in [0.1, 0.15) is 5.60 Å². The van der Waals surface area contributed by atoms with Crippen molar-refractivity contribution in [2.24, 2.45) is 0 Å². The second-order valence-electron chi connectivity index (χ2n) is 9.33. The first-order valence-electron chi connectivity index (χ1n) is 14.6. The molecule has 206 valence electrons. The maximum absolute atomic E-state index is 6.50. The molecule has 0 bridgehead atoms. The summed E-state index contributed by atoms with van der Waals surface area (Å²) in [7, 11) is 1.82. The molecule has 0 fully saturated rings. The summed E-state index contributed by atoms with van der Waals surface area (Å²) in [6, 6.07) is 0. The van der Waals surface area contributed by atoms with Crippen molar-refractivity contribution in [3.8, 4) is 0 Å². The van der Waals surface area contributed by atoms with Crippen molar-refractivity contribution in [2.45, 2.75) is 156 Å². The summed E-state index contributed by atoms with van der Waals surface area (Å²) in [4.78, 5) is 0. The Labute approximate surface area is 214 Å². The number of hydrogen-bond acceptors (Lipinski definition) is 4. The molecule has 0 spiro atoms. The minimum atomic E-state index is -1.11. The standard InChI is InChI=1S/C26H54O4.C4H8/c1-7-12-16-17-18-19-21-25(27-6,20-11-5)26(28-22-13-8-2,29-23-14-9-3)30-24-15-10-4;1-3-4-2/h7-24H2,1-6H3;3H,1,4H2,2H3. The van der Waals surface area contributed by atoms with E-state index in [0.29, 0.717) is 19.8 Å². The van der Waals surface area contributed by atoms with Crippen molar-refractivity contribution in [2.75, 3.05) is 26.9 Å². The van der Waals surface area contributed by atoms with Crippen molar-refractivity contribution in [1.29, 1.82) is 0 Å². The van der Waals surface area contributed by atoms with E-state index in [1.807, 2.05) is 13.2 Å².